The lowest BCUT2D eigenvalue weighted by molar-refractivity contribution is -0.116. The van der Waals surface area contributed by atoms with E-state index in [-0.39, 0.29) is 5.91 Å². The average Bonchev–Trinajstić information content (AvgIpc) is 3.58. The summed E-state index contributed by atoms with van der Waals surface area (Å²) in [6.07, 6.45) is 3.65. The predicted octanol–water partition coefficient (Wildman–Crippen LogP) is 6.76. The number of nitrogens with one attached hydrogen (secondary N) is 1. The molecule has 0 aliphatic heterocycles. The van der Waals surface area contributed by atoms with Gasteiger partial charge in [0.2, 0.25) is 5.91 Å². The molecule has 1 aliphatic rings. The third-order valence-corrected chi connectivity index (χ3v) is 6.34. The lowest BCUT2D eigenvalue weighted by atomic mass is 10.0. The van der Waals surface area contributed by atoms with Gasteiger partial charge < -0.3 is 5.32 Å². The van der Waals surface area contributed by atoms with E-state index < -0.39 is 0 Å². The molecule has 0 bridgehead atoms. The molecule has 1 amide bonds. The van der Waals surface area contributed by atoms with E-state index in [1.54, 1.807) is 0 Å². The minimum Gasteiger partial charge on any atom is -0.326 e. The Balaban J connectivity index is 1.14. The van der Waals surface area contributed by atoms with Crippen LogP contribution in [0.5, 0.6) is 0 Å². The zero-order valence-electron chi connectivity index (χ0n) is 17.6. The van der Waals surface area contributed by atoms with Crippen LogP contribution in [0.4, 0.5) is 5.69 Å². The number of carbonyl (C=O) groups excluding carboxylic acids is 1. The number of hydrogen-bond acceptors (Lipinski definition) is 1. The van der Waals surface area contributed by atoms with Crippen LogP contribution in [0, 0.1) is 5.92 Å². The van der Waals surface area contributed by atoms with Crippen molar-refractivity contribution in [2.75, 3.05) is 5.32 Å². The summed E-state index contributed by atoms with van der Waals surface area (Å²) in [6.45, 7) is 0. The molecule has 154 valence electrons. The molecule has 0 spiro atoms. The van der Waals surface area contributed by atoms with Crippen molar-refractivity contribution in [3.63, 3.8) is 0 Å². The van der Waals surface area contributed by atoms with Crippen molar-refractivity contribution in [2.45, 2.75) is 31.6 Å². The summed E-state index contributed by atoms with van der Waals surface area (Å²) < 4.78 is 0. The summed E-state index contributed by atoms with van der Waals surface area (Å²) in [4.78, 5) is 12.3. The van der Waals surface area contributed by atoms with E-state index in [0.29, 0.717) is 18.3 Å². The third-order valence-electron chi connectivity index (χ3n) is 6.34. The molecule has 0 aromatic heterocycles. The molecule has 1 fully saturated rings. The van der Waals surface area contributed by atoms with Crippen molar-refractivity contribution < 1.29 is 4.79 Å². The van der Waals surface area contributed by atoms with Gasteiger partial charge in [-0.25, -0.2) is 0 Å². The Kier molecular flexibility index (Phi) is 5.54. The van der Waals surface area contributed by atoms with Gasteiger partial charge in [0.1, 0.15) is 0 Å². The summed E-state index contributed by atoms with van der Waals surface area (Å²) >= 11 is 0. The number of hydrogen-bond donors (Lipinski definition) is 1. The number of anilines is 1. The molecule has 0 saturated heterocycles. The average molecular weight is 406 g/mol. The maximum Gasteiger partial charge on any atom is 0.224 e. The highest BCUT2D eigenvalue weighted by atomic mass is 16.1. The molecular weight excluding hydrogens is 378 g/mol. The second kappa shape index (κ2) is 8.77. The van der Waals surface area contributed by atoms with Gasteiger partial charge in [0.15, 0.2) is 0 Å². The van der Waals surface area contributed by atoms with Crippen LogP contribution >= 0.6 is 0 Å². The quantitative estimate of drug-likeness (QED) is 0.362. The molecule has 2 atom stereocenters. The van der Waals surface area contributed by atoms with Crippen molar-refractivity contribution >= 4 is 22.4 Å². The first-order valence-corrected chi connectivity index (χ1v) is 11.2. The first-order chi connectivity index (χ1) is 15.2. The van der Waals surface area contributed by atoms with E-state index in [1.165, 1.54) is 33.9 Å². The van der Waals surface area contributed by atoms with Crippen LogP contribution in [0.2, 0.25) is 0 Å². The maximum absolute atomic E-state index is 12.3. The van der Waals surface area contributed by atoms with Gasteiger partial charge in [-0.15, -0.1) is 0 Å². The number of aryl methyl sites for hydroxylation is 1. The van der Waals surface area contributed by atoms with Crippen LogP contribution < -0.4 is 5.32 Å². The zero-order chi connectivity index (χ0) is 21.0. The molecule has 1 saturated carbocycles. The monoisotopic (exact) mass is 405 g/mol. The molecule has 0 heterocycles. The van der Waals surface area contributed by atoms with E-state index in [4.69, 9.17) is 0 Å². The number of benzene rings is 4. The van der Waals surface area contributed by atoms with E-state index >= 15 is 0 Å². The summed E-state index contributed by atoms with van der Waals surface area (Å²) in [6, 6.07) is 34.0. The van der Waals surface area contributed by atoms with E-state index in [0.717, 1.165) is 18.5 Å². The summed E-state index contributed by atoms with van der Waals surface area (Å²) in [5.74, 6) is 1.42. The minimum absolute atomic E-state index is 0.0669. The van der Waals surface area contributed by atoms with Gasteiger partial charge >= 0.3 is 0 Å². The largest absolute Gasteiger partial charge is 0.326 e. The Bertz CT molecular complexity index is 1180. The lowest BCUT2D eigenvalue weighted by Crippen LogP contribution is -2.12. The van der Waals surface area contributed by atoms with Crippen LogP contribution in [0.25, 0.3) is 10.8 Å². The molecule has 2 heteroatoms. The van der Waals surface area contributed by atoms with Crippen molar-refractivity contribution in [1.29, 1.82) is 0 Å². The minimum atomic E-state index is 0.0669. The van der Waals surface area contributed by atoms with Crippen molar-refractivity contribution in [1.82, 2.24) is 0 Å². The molecule has 31 heavy (non-hydrogen) atoms. The van der Waals surface area contributed by atoms with Crippen LogP contribution in [0.15, 0.2) is 97.1 Å². The first-order valence-electron chi connectivity index (χ1n) is 11.2. The second-order valence-electron chi connectivity index (χ2n) is 8.64. The summed E-state index contributed by atoms with van der Waals surface area (Å²) in [5, 5.41) is 5.66. The van der Waals surface area contributed by atoms with E-state index in [2.05, 4.69) is 72.0 Å². The Labute approximate surface area is 183 Å². The van der Waals surface area contributed by atoms with Gasteiger partial charge in [-0.2, -0.15) is 0 Å². The smallest absolute Gasteiger partial charge is 0.224 e. The van der Waals surface area contributed by atoms with Gasteiger partial charge in [-0.05, 0) is 70.7 Å². The van der Waals surface area contributed by atoms with Crippen molar-refractivity contribution in [3.05, 3.63) is 114 Å². The van der Waals surface area contributed by atoms with Crippen LogP contribution in [0.3, 0.4) is 0 Å². The van der Waals surface area contributed by atoms with Gasteiger partial charge in [0.05, 0.1) is 0 Å². The molecule has 0 unspecified atom stereocenters. The van der Waals surface area contributed by atoms with E-state index in [1.807, 2.05) is 30.3 Å². The topological polar surface area (TPSA) is 29.1 Å². The Hall–Kier alpha value is -3.39. The van der Waals surface area contributed by atoms with E-state index in [9.17, 15) is 4.79 Å². The van der Waals surface area contributed by atoms with Crippen molar-refractivity contribution in [3.8, 4) is 0 Å². The predicted molar refractivity (Wildman–Crippen MR) is 128 cm³/mol. The first kappa shape index (κ1) is 19.6. The fourth-order valence-corrected chi connectivity index (χ4v) is 4.49. The van der Waals surface area contributed by atoms with Gasteiger partial charge in [0.25, 0.3) is 0 Å². The van der Waals surface area contributed by atoms with Gasteiger partial charge in [0, 0.05) is 12.1 Å². The number of rotatable bonds is 7. The van der Waals surface area contributed by atoms with Gasteiger partial charge in [-0.3, -0.25) is 4.79 Å². The van der Waals surface area contributed by atoms with Crippen LogP contribution in [-0.2, 0) is 17.6 Å². The summed E-state index contributed by atoms with van der Waals surface area (Å²) in [7, 11) is 0. The highest BCUT2D eigenvalue weighted by Gasteiger charge is 2.37. The molecular formula is C29H27NO. The Morgan fingerprint density at radius 2 is 1.52 bits per heavy atom. The fraction of sp³-hybridized carbons (Fsp3) is 0.207. The SMILES string of the molecule is O=C(CCc1ccccc1)Nc1ccc([C@@H]2C[C@@H]2Cc2ccc3ccccc3c2)cc1. The highest BCUT2D eigenvalue weighted by Crippen LogP contribution is 2.49. The number of carbonyl (C=O) groups is 1. The fourth-order valence-electron chi connectivity index (χ4n) is 4.49. The molecule has 1 N–H and O–H groups in total. The normalized spacial score (nSPS) is 17.4. The Morgan fingerprint density at radius 1 is 0.774 bits per heavy atom. The second-order valence-corrected chi connectivity index (χ2v) is 8.64. The molecule has 2 nitrogen and oxygen atoms in total. The zero-order valence-corrected chi connectivity index (χ0v) is 17.6. The van der Waals surface area contributed by atoms with Gasteiger partial charge in [-0.1, -0.05) is 84.9 Å². The maximum atomic E-state index is 12.3. The Morgan fingerprint density at radius 3 is 2.32 bits per heavy atom. The lowest BCUT2D eigenvalue weighted by Gasteiger charge is -2.07. The van der Waals surface area contributed by atoms with Crippen molar-refractivity contribution in [2.24, 2.45) is 5.92 Å². The van der Waals surface area contributed by atoms with Crippen LogP contribution in [0.1, 0.15) is 35.4 Å². The number of amides is 1. The van der Waals surface area contributed by atoms with Crippen LogP contribution in [-0.4, -0.2) is 5.91 Å². The third kappa shape index (κ3) is 4.86. The standard InChI is InChI=1S/C29H27NO/c31-29(17-11-21-6-2-1-3-7-21)30-27-15-13-24(14-16-27)28-20-26(28)19-22-10-12-23-8-4-5-9-25(23)18-22/h1-10,12-16,18,26,28H,11,17,19-20H2,(H,30,31)/t26-,28-/m0/s1. The summed E-state index contributed by atoms with van der Waals surface area (Å²) in [5.41, 5.74) is 4.88. The molecule has 4 aromatic rings. The molecule has 1 aliphatic carbocycles. The number of fused-ring (bicyclic) bond motifs is 1. The molecule has 5 rings (SSSR count). The molecule has 4 aromatic carbocycles. The highest BCUT2D eigenvalue weighted by molar-refractivity contribution is 5.90. The molecule has 0 radical (unpaired) electrons.